The summed E-state index contributed by atoms with van der Waals surface area (Å²) in [7, 11) is -3.28. The third-order valence-corrected chi connectivity index (χ3v) is 9.98. The van der Waals surface area contributed by atoms with Gasteiger partial charge < -0.3 is 31.1 Å². The first-order valence-electron chi connectivity index (χ1n) is 9.06. The minimum Gasteiger partial charge on any atom is -0.454 e. The molecular weight excluding hydrogens is 322 g/mol. The molecule has 6 nitrogen and oxygen atoms in total. The maximum Gasteiger partial charge on any atom is 0.187 e. The van der Waals surface area contributed by atoms with E-state index >= 15 is 0 Å². The summed E-state index contributed by atoms with van der Waals surface area (Å²) in [6.45, 7) is 18.1. The van der Waals surface area contributed by atoms with E-state index in [0.717, 1.165) is 51.6 Å². The standard InChI is InChI=1S/C15H41N5OSi2/c1-6-8-17-10-12-19-14-22(2,3)21-23(4,5)15-20-13-11-18-9-7-16/h17-20H,6-16H2,1-5H3. The smallest absolute Gasteiger partial charge is 0.187 e. The summed E-state index contributed by atoms with van der Waals surface area (Å²) in [4.78, 5) is 0. The summed E-state index contributed by atoms with van der Waals surface area (Å²) in [6, 6.07) is 0. The summed E-state index contributed by atoms with van der Waals surface area (Å²) in [5, 5.41) is 13.8. The molecule has 0 spiro atoms. The highest BCUT2D eigenvalue weighted by atomic mass is 28.4. The summed E-state index contributed by atoms with van der Waals surface area (Å²) >= 11 is 0. The van der Waals surface area contributed by atoms with Gasteiger partial charge >= 0.3 is 0 Å². The van der Waals surface area contributed by atoms with Crippen molar-refractivity contribution in [1.29, 1.82) is 0 Å². The first-order valence-corrected chi connectivity index (χ1v) is 15.3. The molecule has 0 aliphatic heterocycles. The largest absolute Gasteiger partial charge is 0.454 e. The average Bonchev–Trinajstić information content (AvgIpc) is 2.45. The van der Waals surface area contributed by atoms with Gasteiger partial charge in [0.25, 0.3) is 0 Å². The third-order valence-electron chi connectivity index (χ3n) is 3.36. The van der Waals surface area contributed by atoms with Gasteiger partial charge in [-0.25, -0.2) is 0 Å². The zero-order chi connectivity index (χ0) is 17.6. The zero-order valence-electron chi connectivity index (χ0n) is 16.1. The van der Waals surface area contributed by atoms with Gasteiger partial charge in [-0.15, -0.1) is 0 Å². The van der Waals surface area contributed by atoms with Crippen LogP contribution in [0.15, 0.2) is 0 Å². The second-order valence-corrected chi connectivity index (χ2v) is 15.8. The number of hydrogen-bond donors (Lipinski definition) is 5. The predicted molar refractivity (Wildman–Crippen MR) is 107 cm³/mol. The lowest BCUT2D eigenvalue weighted by Gasteiger charge is -2.34. The van der Waals surface area contributed by atoms with Crippen LogP contribution in [0.4, 0.5) is 0 Å². The van der Waals surface area contributed by atoms with Crippen molar-refractivity contribution in [2.75, 3.05) is 58.1 Å². The summed E-state index contributed by atoms with van der Waals surface area (Å²) in [5.41, 5.74) is 5.45. The van der Waals surface area contributed by atoms with Gasteiger partial charge in [0.15, 0.2) is 16.6 Å². The molecule has 0 saturated carbocycles. The fourth-order valence-electron chi connectivity index (χ4n) is 2.48. The van der Waals surface area contributed by atoms with Crippen molar-refractivity contribution in [3.63, 3.8) is 0 Å². The Balaban J connectivity index is 3.82. The van der Waals surface area contributed by atoms with Gasteiger partial charge in [-0.1, -0.05) is 6.92 Å². The summed E-state index contributed by atoms with van der Waals surface area (Å²) in [5.74, 6) is 0. The number of nitrogens with one attached hydrogen (secondary N) is 4. The van der Waals surface area contributed by atoms with Crippen LogP contribution in [0.1, 0.15) is 13.3 Å². The van der Waals surface area contributed by atoms with Crippen LogP contribution in [0.5, 0.6) is 0 Å². The maximum absolute atomic E-state index is 6.57. The monoisotopic (exact) mass is 363 g/mol. The first-order chi connectivity index (χ1) is 10.8. The average molecular weight is 364 g/mol. The van der Waals surface area contributed by atoms with Crippen molar-refractivity contribution in [3.8, 4) is 0 Å². The molecule has 6 N–H and O–H groups in total. The second kappa shape index (κ2) is 13.5. The predicted octanol–water partition coefficient (Wildman–Crippen LogP) is 0.219. The number of hydrogen-bond acceptors (Lipinski definition) is 6. The van der Waals surface area contributed by atoms with Crippen LogP contribution >= 0.6 is 0 Å². The van der Waals surface area contributed by atoms with E-state index in [0.29, 0.717) is 6.54 Å². The molecule has 23 heavy (non-hydrogen) atoms. The van der Waals surface area contributed by atoms with Crippen LogP contribution in [0.2, 0.25) is 26.2 Å². The lowest BCUT2D eigenvalue weighted by atomic mass is 10.5. The topological polar surface area (TPSA) is 83.4 Å². The van der Waals surface area contributed by atoms with Crippen molar-refractivity contribution < 1.29 is 4.12 Å². The molecule has 0 fully saturated rings. The fraction of sp³-hybridized carbons (Fsp3) is 1.00. The Labute approximate surface area is 146 Å². The number of rotatable bonds is 16. The minimum atomic E-state index is -1.65. The van der Waals surface area contributed by atoms with Gasteiger partial charge in [-0.2, -0.15) is 0 Å². The van der Waals surface area contributed by atoms with E-state index in [1.807, 2.05) is 0 Å². The van der Waals surface area contributed by atoms with E-state index in [1.165, 1.54) is 6.42 Å². The second-order valence-electron chi connectivity index (χ2n) is 7.26. The highest BCUT2D eigenvalue weighted by Crippen LogP contribution is 2.13. The quantitative estimate of drug-likeness (QED) is 0.199. The van der Waals surface area contributed by atoms with E-state index in [4.69, 9.17) is 9.85 Å². The van der Waals surface area contributed by atoms with Gasteiger partial charge in [0.1, 0.15) is 0 Å². The molecule has 0 aliphatic rings. The Bertz CT molecular complexity index is 255. The molecular formula is C15H41N5OSi2. The Morgan fingerprint density at radius 1 is 0.696 bits per heavy atom. The molecule has 0 aromatic carbocycles. The van der Waals surface area contributed by atoms with Gasteiger partial charge in [-0.05, 0) is 39.2 Å². The van der Waals surface area contributed by atoms with Crippen LogP contribution in [-0.2, 0) is 4.12 Å². The van der Waals surface area contributed by atoms with Gasteiger partial charge in [0.05, 0.1) is 0 Å². The Morgan fingerprint density at radius 3 is 1.57 bits per heavy atom. The van der Waals surface area contributed by atoms with Crippen LogP contribution in [0.3, 0.4) is 0 Å². The van der Waals surface area contributed by atoms with E-state index in [2.05, 4.69) is 54.4 Å². The van der Waals surface area contributed by atoms with Crippen LogP contribution in [0.25, 0.3) is 0 Å². The highest BCUT2D eigenvalue weighted by Gasteiger charge is 2.32. The lowest BCUT2D eigenvalue weighted by Crippen LogP contribution is -2.55. The molecule has 0 unspecified atom stereocenters. The Kier molecular flexibility index (Phi) is 13.6. The van der Waals surface area contributed by atoms with Gasteiger partial charge in [0.2, 0.25) is 0 Å². The molecule has 0 heterocycles. The van der Waals surface area contributed by atoms with Crippen LogP contribution in [0, 0.1) is 0 Å². The van der Waals surface area contributed by atoms with Gasteiger partial charge in [0, 0.05) is 51.6 Å². The van der Waals surface area contributed by atoms with E-state index in [-0.39, 0.29) is 0 Å². The van der Waals surface area contributed by atoms with Crippen molar-refractivity contribution in [1.82, 2.24) is 21.3 Å². The molecule has 0 bridgehead atoms. The molecule has 0 aromatic heterocycles. The van der Waals surface area contributed by atoms with Crippen molar-refractivity contribution in [3.05, 3.63) is 0 Å². The molecule has 0 aromatic rings. The fourth-order valence-corrected chi connectivity index (χ4v) is 10.6. The van der Waals surface area contributed by atoms with Crippen molar-refractivity contribution in [2.24, 2.45) is 5.73 Å². The highest BCUT2D eigenvalue weighted by molar-refractivity contribution is 6.85. The maximum atomic E-state index is 6.57. The van der Waals surface area contributed by atoms with E-state index in [1.54, 1.807) is 0 Å². The molecule has 0 amide bonds. The molecule has 0 rings (SSSR count). The van der Waals surface area contributed by atoms with Crippen LogP contribution in [-0.4, -0.2) is 74.8 Å². The van der Waals surface area contributed by atoms with Crippen molar-refractivity contribution >= 4 is 16.6 Å². The summed E-state index contributed by atoms with van der Waals surface area (Å²) in [6.07, 6.45) is 3.22. The lowest BCUT2D eigenvalue weighted by molar-refractivity contribution is 0.514. The zero-order valence-corrected chi connectivity index (χ0v) is 18.1. The minimum absolute atomic E-state index is 0.699. The third kappa shape index (κ3) is 15.5. The molecule has 0 atom stereocenters. The molecule has 0 radical (unpaired) electrons. The van der Waals surface area contributed by atoms with Crippen LogP contribution < -0.4 is 27.0 Å². The molecule has 0 saturated heterocycles. The van der Waals surface area contributed by atoms with E-state index < -0.39 is 16.6 Å². The normalized spacial score (nSPS) is 12.8. The SMILES string of the molecule is CCCNCCNC[Si](C)(C)O[Si](C)(C)CNCCNCCN. The van der Waals surface area contributed by atoms with Gasteiger partial charge in [-0.3, -0.25) is 0 Å². The number of nitrogens with two attached hydrogens (primary N) is 1. The molecule has 140 valence electrons. The van der Waals surface area contributed by atoms with Crippen molar-refractivity contribution in [2.45, 2.75) is 39.5 Å². The Hall–Kier alpha value is 0.194. The Morgan fingerprint density at radius 2 is 1.13 bits per heavy atom. The van der Waals surface area contributed by atoms with E-state index in [9.17, 15) is 0 Å². The molecule has 0 aliphatic carbocycles. The molecule has 8 heteroatoms. The first kappa shape index (κ1) is 23.2. The summed E-state index contributed by atoms with van der Waals surface area (Å²) < 4.78 is 6.57.